The Morgan fingerprint density at radius 2 is 2.13 bits per heavy atom. The predicted octanol–water partition coefficient (Wildman–Crippen LogP) is 3.76. The van der Waals surface area contributed by atoms with Gasteiger partial charge in [0, 0.05) is 11.6 Å². The standard InChI is InChI=1S/C12H17ClFN/c1-2-3-4-7-15-9-10-5-6-11(14)8-12(10)13/h5-6,8,15H,2-4,7,9H2,1H3. The van der Waals surface area contributed by atoms with Crippen molar-refractivity contribution in [3.63, 3.8) is 0 Å². The Labute approximate surface area is 95.6 Å². The van der Waals surface area contributed by atoms with Crippen molar-refractivity contribution in [3.8, 4) is 0 Å². The van der Waals surface area contributed by atoms with E-state index < -0.39 is 0 Å². The van der Waals surface area contributed by atoms with Crippen LogP contribution >= 0.6 is 11.6 Å². The first-order chi connectivity index (χ1) is 7.24. The first-order valence-electron chi connectivity index (χ1n) is 5.38. The molecule has 0 aliphatic carbocycles. The van der Waals surface area contributed by atoms with Crippen molar-refractivity contribution < 1.29 is 4.39 Å². The second-order valence-corrected chi connectivity index (χ2v) is 4.03. The van der Waals surface area contributed by atoms with Crippen LogP contribution in [0.5, 0.6) is 0 Å². The quantitative estimate of drug-likeness (QED) is 0.733. The predicted molar refractivity (Wildman–Crippen MR) is 62.6 cm³/mol. The van der Waals surface area contributed by atoms with E-state index in [0.717, 1.165) is 12.1 Å². The van der Waals surface area contributed by atoms with Crippen LogP contribution < -0.4 is 5.32 Å². The molecule has 0 aliphatic rings. The number of hydrogen-bond donors (Lipinski definition) is 1. The van der Waals surface area contributed by atoms with Crippen molar-refractivity contribution in [2.45, 2.75) is 32.7 Å². The molecule has 3 heteroatoms. The molecule has 1 N–H and O–H groups in total. The van der Waals surface area contributed by atoms with Gasteiger partial charge < -0.3 is 5.32 Å². The summed E-state index contributed by atoms with van der Waals surface area (Å²) in [5.74, 6) is -0.283. The summed E-state index contributed by atoms with van der Waals surface area (Å²) in [5.41, 5.74) is 0.953. The molecule has 0 aliphatic heterocycles. The zero-order valence-electron chi connectivity index (χ0n) is 9.02. The Hall–Kier alpha value is -0.600. The third-order valence-corrected chi connectivity index (χ3v) is 2.64. The van der Waals surface area contributed by atoms with E-state index in [1.54, 1.807) is 6.07 Å². The van der Waals surface area contributed by atoms with Gasteiger partial charge >= 0.3 is 0 Å². The van der Waals surface area contributed by atoms with Gasteiger partial charge in [-0.05, 0) is 30.7 Å². The lowest BCUT2D eigenvalue weighted by Crippen LogP contribution is -2.14. The van der Waals surface area contributed by atoms with Gasteiger partial charge in [-0.3, -0.25) is 0 Å². The molecule has 0 aromatic heterocycles. The highest BCUT2D eigenvalue weighted by atomic mass is 35.5. The van der Waals surface area contributed by atoms with Crippen molar-refractivity contribution in [3.05, 3.63) is 34.6 Å². The topological polar surface area (TPSA) is 12.0 Å². The molecule has 1 rings (SSSR count). The van der Waals surface area contributed by atoms with E-state index in [2.05, 4.69) is 12.2 Å². The summed E-state index contributed by atoms with van der Waals surface area (Å²) in [4.78, 5) is 0. The minimum absolute atomic E-state index is 0.283. The summed E-state index contributed by atoms with van der Waals surface area (Å²) >= 11 is 5.89. The van der Waals surface area contributed by atoms with Gasteiger partial charge in [-0.1, -0.05) is 37.4 Å². The Morgan fingerprint density at radius 3 is 2.80 bits per heavy atom. The number of hydrogen-bond acceptors (Lipinski definition) is 1. The molecule has 0 unspecified atom stereocenters. The molecule has 0 atom stereocenters. The summed E-state index contributed by atoms with van der Waals surface area (Å²) in [6.07, 6.45) is 3.64. The third kappa shape index (κ3) is 4.63. The monoisotopic (exact) mass is 229 g/mol. The molecule has 0 saturated heterocycles. The second-order valence-electron chi connectivity index (χ2n) is 3.62. The van der Waals surface area contributed by atoms with Crippen molar-refractivity contribution in [1.82, 2.24) is 5.32 Å². The van der Waals surface area contributed by atoms with E-state index in [1.807, 2.05) is 0 Å². The van der Waals surface area contributed by atoms with Gasteiger partial charge in [-0.25, -0.2) is 4.39 Å². The minimum atomic E-state index is -0.283. The molecule has 1 aromatic carbocycles. The Bertz CT molecular complexity index is 302. The van der Waals surface area contributed by atoms with Crippen LogP contribution in [0.15, 0.2) is 18.2 Å². The molecule has 15 heavy (non-hydrogen) atoms. The fourth-order valence-corrected chi connectivity index (χ4v) is 1.62. The average Bonchev–Trinajstić information content (AvgIpc) is 2.20. The van der Waals surface area contributed by atoms with Gasteiger partial charge in [0.2, 0.25) is 0 Å². The molecule has 0 bridgehead atoms. The van der Waals surface area contributed by atoms with Crippen LogP contribution in [0.4, 0.5) is 4.39 Å². The van der Waals surface area contributed by atoms with E-state index in [-0.39, 0.29) is 5.82 Å². The zero-order chi connectivity index (χ0) is 11.1. The molecule has 0 fully saturated rings. The lowest BCUT2D eigenvalue weighted by atomic mass is 10.2. The number of halogens is 2. The summed E-state index contributed by atoms with van der Waals surface area (Å²) < 4.78 is 12.7. The largest absolute Gasteiger partial charge is 0.313 e. The summed E-state index contributed by atoms with van der Waals surface area (Å²) in [7, 11) is 0. The van der Waals surface area contributed by atoms with E-state index in [4.69, 9.17) is 11.6 Å². The van der Waals surface area contributed by atoms with Gasteiger partial charge in [0.15, 0.2) is 0 Å². The van der Waals surface area contributed by atoms with Gasteiger partial charge in [0.05, 0.1) is 0 Å². The van der Waals surface area contributed by atoms with Crippen molar-refractivity contribution in [2.75, 3.05) is 6.54 Å². The number of rotatable bonds is 6. The molecule has 0 heterocycles. The minimum Gasteiger partial charge on any atom is -0.313 e. The highest BCUT2D eigenvalue weighted by Crippen LogP contribution is 2.16. The van der Waals surface area contributed by atoms with Crippen LogP contribution in [0, 0.1) is 5.82 Å². The number of benzene rings is 1. The van der Waals surface area contributed by atoms with E-state index in [9.17, 15) is 4.39 Å². The van der Waals surface area contributed by atoms with Crippen LogP contribution in [0.3, 0.4) is 0 Å². The van der Waals surface area contributed by atoms with Crippen molar-refractivity contribution in [1.29, 1.82) is 0 Å². The Kier molecular flexibility index (Phi) is 5.66. The molecule has 0 saturated carbocycles. The highest BCUT2D eigenvalue weighted by molar-refractivity contribution is 6.31. The van der Waals surface area contributed by atoms with E-state index in [0.29, 0.717) is 11.6 Å². The first kappa shape index (κ1) is 12.5. The molecule has 1 aromatic rings. The van der Waals surface area contributed by atoms with Crippen LogP contribution in [-0.4, -0.2) is 6.54 Å². The molecular weight excluding hydrogens is 213 g/mol. The maximum absolute atomic E-state index is 12.7. The number of nitrogens with one attached hydrogen (secondary N) is 1. The molecular formula is C12H17ClFN. The van der Waals surface area contributed by atoms with E-state index in [1.165, 1.54) is 31.4 Å². The fourth-order valence-electron chi connectivity index (χ4n) is 1.39. The van der Waals surface area contributed by atoms with Gasteiger partial charge in [0.25, 0.3) is 0 Å². The zero-order valence-corrected chi connectivity index (χ0v) is 9.78. The second kappa shape index (κ2) is 6.81. The van der Waals surface area contributed by atoms with Crippen LogP contribution in [-0.2, 0) is 6.54 Å². The van der Waals surface area contributed by atoms with Crippen LogP contribution in [0.1, 0.15) is 31.7 Å². The van der Waals surface area contributed by atoms with Gasteiger partial charge in [0.1, 0.15) is 5.82 Å². The van der Waals surface area contributed by atoms with E-state index >= 15 is 0 Å². The molecule has 84 valence electrons. The number of unbranched alkanes of at least 4 members (excludes halogenated alkanes) is 2. The van der Waals surface area contributed by atoms with Crippen LogP contribution in [0.25, 0.3) is 0 Å². The maximum Gasteiger partial charge on any atom is 0.124 e. The van der Waals surface area contributed by atoms with Crippen molar-refractivity contribution >= 4 is 11.6 Å². The summed E-state index contributed by atoms with van der Waals surface area (Å²) in [6.45, 7) is 3.88. The normalized spacial score (nSPS) is 10.6. The molecule has 1 nitrogen and oxygen atoms in total. The summed E-state index contributed by atoms with van der Waals surface area (Å²) in [5, 5.41) is 3.79. The lowest BCUT2D eigenvalue weighted by molar-refractivity contribution is 0.611. The van der Waals surface area contributed by atoms with Gasteiger partial charge in [-0.2, -0.15) is 0 Å². The smallest absolute Gasteiger partial charge is 0.124 e. The molecule has 0 radical (unpaired) electrons. The SMILES string of the molecule is CCCCCNCc1ccc(F)cc1Cl. The third-order valence-electron chi connectivity index (χ3n) is 2.29. The molecule has 0 spiro atoms. The highest BCUT2D eigenvalue weighted by Gasteiger charge is 2.00. The van der Waals surface area contributed by atoms with Crippen molar-refractivity contribution in [2.24, 2.45) is 0 Å². The molecule has 0 amide bonds. The first-order valence-corrected chi connectivity index (χ1v) is 5.76. The Balaban J connectivity index is 2.31. The fraction of sp³-hybridized carbons (Fsp3) is 0.500. The van der Waals surface area contributed by atoms with Crippen LogP contribution in [0.2, 0.25) is 5.02 Å². The van der Waals surface area contributed by atoms with Gasteiger partial charge in [-0.15, -0.1) is 0 Å². The Morgan fingerprint density at radius 1 is 1.33 bits per heavy atom. The summed E-state index contributed by atoms with van der Waals surface area (Å²) in [6, 6.07) is 4.52. The maximum atomic E-state index is 12.7. The lowest BCUT2D eigenvalue weighted by Gasteiger charge is -2.06. The average molecular weight is 230 g/mol.